The Balaban J connectivity index is 2.57. The van der Waals surface area contributed by atoms with Crippen molar-refractivity contribution in [2.24, 2.45) is 5.92 Å². The van der Waals surface area contributed by atoms with Crippen LogP contribution in [0.1, 0.15) is 30.9 Å². The largest absolute Gasteiger partial charge is 0.372 e. The number of halogens is 1. The molecule has 2 heterocycles. The number of hydrogen-bond donors (Lipinski definition) is 1. The highest BCUT2D eigenvalue weighted by atomic mass is 127. The van der Waals surface area contributed by atoms with E-state index in [4.69, 9.17) is 4.98 Å². The Bertz CT molecular complexity index is 633. The highest BCUT2D eigenvalue weighted by molar-refractivity contribution is 14.1. The number of rotatable bonds is 4. The molecule has 0 aliphatic carbocycles. The van der Waals surface area contributed by atoms with Crippen LogP contribution < -0.4 is 5.32 Å². The van der Waals surface area contributed by atoms with Crippen molar-refractivity contribution in [1.82, 2.24) is 15.0 Å². The number of nitrogens with one attached hydrogen (secondary N) is 1. The Hall–Kier alpha value is -1.24. The molecule has 21 heavy (non-hydrogen) atoms. The Morgan fingerprint density at radius 2 is 1.71 bits per heavy atom. The van der Waals surface area contributed by atoms with Crippen molar-refractivity contribution in [3.63, 3.8) is 0 Å². The van der Waals surface area contributed by atoms with Gasteiger partial charge < -0.3 is 5.32 Å². The number of aryl methyl sites for hydroxylation is 2. The summed E-state index contributed by atoms with van der Waals surface area (Å²) in [6.45, 7) is 8.41. The molecule has 5 heteroatoms. The molecule has 2 aromatic rings. The van der Waals surface area contributed by atoms with Crippen molar-refractivity contribution >= 4 is 28.4 Å². The molecule has 0 amide bonds. The highest BCUT2D eigenvalue weighted by Crippen LogP contribution is 2.26. The van der Waals surface area contributed by atoms with Gasteiger partial charge in [0.25, 0.3) is 0 Å². The molecule has 1 N–H and O–H groups in total. The van der Waals surface area contributed by atoms with E-state index in [9.17, 15) is 0 Å². The van der Waals surface area contributed by atoms with Crippen LogP contribution in [0.4, 0.5) is 5.82 Å². The third-order valence-corrected chi connectivity index (χ3v) is 4.23. The average Bonchev–Trinajstić information content (AvgIpc) is 2.39. The lowest BCUT2D eigenvalue weighted by Gasteiger charge is -2.13. The molecule has 4 nitrogen and oxygen atoms in total. The van der Waals surface area contributed by atoms with Crippen molar-refractivity contribution in [3.05, 3.63) is 32.8 Å². The highest BCUT2D eigenvalue weighted by Gasteiger charge is 2.14. The van der Waals surface area contributed by atoms with E-state index in [0.717, 1.165) is 44.3 Å². The Morgan fingerprint density at radius 1 is 1.10 bits per heavy atom. The third-order valence-electron chi connectivity index (χ3n) is 3.10. The molecule has 0 unspecified atom stereocenters. The van der Waals surface area contributed by atoms with E-state index in [1.807, 2.05) is 33.0 Å². The summed E-state index contributed by atoms with van der Waals surface area (Å²) in [5.74, 6) is 2.22. The molecular formula is C16H21IN4. The fourth-order valence-corrected chi connectivity index (χ4v) is 3.00. The standard InChI is InChI=1S/C16H21IN4/c1-9(2)6-13-14(17)16(18-5)21-15(20-13)12-7-10(3)19-11(4)8-12/h7-9H,6H2,1-5H3,(H,18,20,21). The van der Waals surface area contributed by atoms with Crippen molar-refractivity contribution in [1.29, 1.82) is 0 Å². The van der Waals surface area contributed by atoms with Crippen molar-refractivity contribution in [2.75, 3.05) is 12.4 Å². The van der Waals surface area contributed by atoms with Gasteiger partial charge in [0.2, 0.25) is 0 Å². The van der Waals surface area contributed by atoms with Crippen LogP contribution in [-0.4, -0.2) is 22.0 Å². The maximum Gasteiger partial charge on any atom is 0.161 e. The van der Waals surface area contributed by atoms with E-state index in [-0.39, 0.29) is 0 Å². The first-order valence-electron chi connectivity index (χ1n) is 7.10. The summed E-state index contributed by atoms with van der Waals surface area (Å²) in [5.41, 5.74) is 4.11. The molecule has 0 aliphatic rings. The summed E-state index contributed by atoms with van der Waals surface area (Å²) < 4.78 is 1.11. The lowest BCUT2D eigenvalue weighted by atomic mass is 10.1. The first-order chi connectivity index (χ1) is 9.90. The maximum absolute atomic E-state index is 4.79. The number of anilines is 1. The van der Waals surface area contributed by atoms with Gasteiger partial charge in [-0.1, -0.05) is 13.8 Å². The summed E-state index contributed by atoms with van der Waals surface area (Å²) in [4.78, 5) is 13.9. The molecule has 0 aromatic carbocycles. The second kappa shape index (κ2) is 6.68. The second-order valence-corrected chi connectivity index (χ2v) is 6.72. The molecule has 2 aromatic heterocycles. The van der Waals surface area contributed by atoms with Crippen molar-refractivity contribution in [3.8, 4) is 11.4 Å². The van der Waals surface area contributed by atoms with Crippen molar-refractivity contribution < 1.29 is 0 Å². The van der Waals surface area contributed by atoms with Gasteiger partial charge in [0.1, 0.15) is 5.82 Å². The smallest absolute Gasteiger partial charge is 0.161 e. The molecule has 2 rings (SSSR count). The number of hydrogen-bond acceptors (Lipinski definition) is 4. The summed E-state index contributed by atoms with van der Waals surface area (Å²) in [6.07, 6.45) is 0.950. The van der Waals surface area contributed by atoms with Crippen LogP contribution >= 0.6 is 22.6 Å². The molecule has 0 atom stereocenters. The molecule has 0 aliphatic heterocycles. The Kier molecular flexibility index (Phi) is 5.13. The first kappa shape index (κ1) is 16.1. The minimum atomic E-state index is 0.562. The summed E-state index contributed by atoms with van der Waals surface area (Å²) in [7, 11) is 1.90. The summed E-state index contributed by atoms with van der Waals surface area (Å²) >= 11 is 2.32. The number of aromatic nitrogens is 3. The van der Waals surface area contributed by atoms with Crippen LogP contribution in [0.3, 0.4) is 0 Å². The topological polar surface area (TPSA) is 50.7 Å². The molecule has 0 bridgehead atoms. The van der Waals surface area contributed by atoms with E-state index in [1.54, 1.807) is 0 Å². The van der Waals surface area contributed by atoms with Gasteiger partial charge in [-0.3, -0.25) is 4.98 Å². The fourth-order valence-electron chi connectivity index (χ4n) is 2.27. The van der Waals surface area contributed by atoms with E-state index in [2.05, 4.69) is 51.7 Å². The monoisotopic (exact) mass is 396 g/mol. The molecule has 0 saturated heterocycles. The Labute approximate surface area is 140 Å². The predicted octanol–water partition coefficient (Wildman–Crippen LogP) is 4.00. The van der Waals surface area contributed by atoms with Crippen LogP contribution in [0.2, 0.25) is 0 Å². The normalized spacial score (nSPS) is 11.0. The van der Waals surface area contributed by atoms with Gasteiger partial charge in [-0.15, -0.1) is 0 Å². The van der Waals surface area contributed by atoms with Gasteiger partial charge in [-0.05, 0) is 60.9 Å². The second-order valence-electron chi connectivity index (χ2n) is 5.64. The molecule has 112 valence electrons. The average molecular weight is 396 g/mol. The number of nitrogens with zero attached hydrogens (tertiary/aromatic N) is 3. The predicted molar refractivity (Wildman–Crippen MR) is 95.5 cm³/mol. The molecular weight excluding hydrogens is 375 g/mol. The van der Waals surface area contributed by atoms with Gasteiger partial charge in [0.05, 0.1) is 9.26 Å². The maximum atomic E-state index is 4.79. The third kappa shape index (κ3) is 3.90. The van der Waals surface area contributed by atoms with Crippen LogP contribution in [0.15, 0.2) is 12.1 Å². The SMILES string of the molecule is CNc1nc(-c2cc(C)nc(C)c2)nc(CC(C)C)c1I. The zero-order valence-electron chi connectivity index (χ0n) is 13.2. The Morgan fingerprint density at radius 3 is 2.24 bits per heavy atom. The van der Waals surface area contributed by atoms with Crippen LogP contribution in [-0.2, 0) is 6.42 Å². The molecule has 0 saturated carbocycles. The first-order valence-corrected chi connectivity index (χ1v) is 8.18. The van der Waals surface area contributed by atoms with E-state index in [0.29, 0.717) is 5.92 Å². The molecule has 0 spiro atoms. The zero-order valence-corrected chi connectivity index (χ0v) is 15.3. The molecule has 0 fully saturated rings. The van der Waals surface area contributed by atoms with Crippen LogP contribution in [0.25, 0.3) is 11.4 Å². The molecule has 0 radical (unpaired) electrons. The van der Waals surface area contributed by atoms with Crippen LogP contribution in [0.5, 0.6) is 0 Å². The zero-order chi connectivity index (χ0) is 15.6. The van der Waals surface area contributed by atoms with E-state index >= 15 is 0 Å². The fraction of sp³-hybridized carbons (Fsp3) is 0.438. The quantitative estimate of drug-likeness (QED) is 0.794. The van der Waals surface area contributed by atoms with E-state index < -0.39 is 0 Å². The summed E-state index contributed by atoms with van der Waals surface area (Å²) in [5, 5.41) is 3.17. The summed E-state index contributed by atoms with van der Waals surface area (Å²) in [6, 6.07) is 4.07. The van der Waals surface area contributed by atoms with Gasteiger partial charge in [0, 0.05) is 24.0 Å². The van der Waals surface area contributed by atoms with E-state index in [1.165, 1.54) is 0 Å². The minimum Gasteiger partial charge on any atom is -0.372 e. The minimum absolute atomic E-state index is 0.562. The number of pyridine rings is 1. The van der Waals surface area contributed by atoms with Gasteiger partial charge in [0.15, 0.2) is 5.82 Å². The van der Waals surface area contributed by atoms with Crippen molar-refractivity contribution in [2.45, 2.75) is 34.1 Å². The lowest BCUT2D eigenvalue weighted by molar-refractivity contribution is 0.632. The van der Waals surface area contributed by atoms with Gasteiger partial charge in [-0.2, -0.15) is 0 Å². The van der Waals surface area contributed by atoms with Gasteiger partial charge in [-0.25, -0.2) is 9.97 Å². The lowest BCUT2D eigenvalue weighted by Crippen LogP contribution is -2.08. The van der Waals surface area contributed by atoms with Gasteiger partial charge >= 0.3 is 0 Å². The van der Waals surface area contributed by atoms with Crippen LogP contribution in [0, 0.1) is 23.3 Å².